The zero-order chi connectivity index (χ0) is 23.5. The zero-order valence-corrected chi connectivity index (χ0v) is 19.7. The molecule has 0 spiro atoms. The Morgan fingerprint density at radius 3 is 2.50 bits per heavy atom. The smallest absolute Gasteiger partial charge is 0.213 e. The third kappa shape index (κ3) is 4.47. The third-order valence-electron chi connectivity index (χ3n) is 6.02. The molecule has 0 saturated heterocycles. The van der Waals surface area contributed by atoms with Gasteiger partial charge in [0, 0.05) is 29.8 Å². The zero-order valence-electron chi connectivity index (χ0n) is 19.7. The molecular formula is C27H28N6O. The van der Waals surface area contributed by atoms with Crippen molar-refractivity contribution in [1.82, 2.24) is 29.9 Å². The lowest BCUT2D eigenvalue weighted by atomic mass is 10.0. The highest BCUT2D eigenvalue weighted by Gasteiger charge is 2.16. The Bertz CT molecular complexity index is 1400. The standard InChI is InChI=1S/C27H28N6O/c1-19(20-8-5-4-6-9-20)33-27-23-16-21(10-12-24(23)28-18-25(27)30-31-33)22-11-13-26(29-17-22)34-15-7-14-32(2)3/h4-6,8-13,16-19H,7,14-15H2,1-3H3. The molecule has 1 unspecified atom stereocenters. The fraction of sp³-hybridized carbons (Fsp3) is 0.259. The van der Waals surface area contributed by atoms with Crippen molar-refractivity contribution >= 4 is 21.9 Å². The van der Waals surface area contributed by atoms with Gasteiger partial charge in [0.2, 0.25) is 5.88 Å². The van der Waals surface area contributed by atoms with E-state index in [-0.39, 0.29) is 6.04 Å². The van der Waals surface area contributed by atoms with E-state index in [0.29, 0.717) is 12.5 Å². The number of hydrogen-bond acceptors (Lipinski definition) is 6. The van der Waals surface area contributed by atoms with Gasteiger partial charge >= 0.3 is 0 Å². The fourth-order valence-corrected chi connectivity index (χ4v) is 4.14. The Morgan fingerprint density at radius 1 is 0.912 bits per heavy atom. The SMILES string of the molecule is CC(c1ccccc1)n1nnc2cnc3ccc(-c4ccc(OCCCN(C)C)nc4)cc3c21. The topological polar surface area (TPSA) is 69.0 Å². The Kier molecular flexibility index (Phi) is 6.18. The molecule has 0 fully saturated rings. The van der Waals surface area contributed by atoms with Gasteiger partial charge in [0.1, 0.15) is 11.0 Å². The van der Waals surface area contributed by atoms with Crippen LogP contribution in [0.1, 0.15) is 24.9 Å². The molecule has 5 aromatic rings. The van der Waals surface area contributed by atoms with Crippen LogP contribution in [0.4, 0.5) is 0 Å². The van der Waals surface area contributed by atoms with E-state index in [2.05, 4.69) is 70.5 Å². The van der Waals surface area contributed by atoms with Crippen LogP contribution in [0.25, 0.3) is 33.1 Å². The van der Waals surface area contributed by atoms with Crippen LogP contribution in [-0.2, 0) is 0 Å². The molecule has 2 aromatic carbocycles. The summed E-state index contributed by atoms with van der Waals surface area (Å²) in [6, 6.07) is 20.6. The summed E-state index contributed by atoms with van der Waals surface area (Å²) in [7, 11) is 4.12. The van der Waals surface area contributed by atoms with E-state index in [9.17, 15) is 0 Å². The number of hydrogen-bond donors (Lipinski definition) is 0. The van der Waals surface area contributed by atoms with Gasteiger partial charge in [-0.15, -0.1) is 5.10 Å². The molecule has 0 amide bonds. The lowest BCUT2D eigenvalue weighted by molar-refractivity contribution is 0.273. The van der Waals surface area contributed by atoms with Crippen molar-refractivity contribution < 1.29 is 4.74 Å². The quantitative estimate of drug-likeness (QED) is 0.309. The molecule has 172 valence electrons. The van der Waals surface area contributed by atoms with Gasteiger partial charge in [0.05, 0.1) is 24.4 Å². The Labute approximate surface area is 199 Å². The molecule has 5 rings (SSSR count). The number of pyridine rings is 2. The Balaban J connectivity index is 1.47. The number of fused-ring (bicyclic) bond motifs is 3. The monoisotopic (exact) mass is 452 g/mol. The molecule has 0 aliphatic rings. The lowest BCUT2D eigenvalue weighted by Crippen LogP contribution is -2.15. The van der Waals surface area contributed by atoms with E-state index in [4.69, 9.17) is 4.74 Å². The van der Waals surface area contributed by atoms with Gasteiger partial charge in [-0.1, -0.05) is 41.6 Å². The largest absolute Gasteiger partial charge is 0.478 e. The second-order valence-corrected chi connectivity index (χ2v) is 8.74. The highest BCUT2D eigenvalue weighted by Crippen LogP contribution is 2.30. The molecule has 0 bridgehead atoms. The molecule has 7 heteroatoms. The third-order valence-corrected chi connectivity index (χ3v) is 6.02. The van der Waals surface area contributed by atoms with Gasteiger partial charge in [0.15, 0.2) is 0 Å². The maximum atomic E-state index is 5.78. The summed E-state index contributed by atoms with van der Waals surface area (Å²) >= 11 is 0. The fourth-order valence-electron chi connectivity index (χ4n) is 4.14. The molecular weight excluding hydrogens is 424 g/mol. The minimum Gasteiger partial charge on any atom is -0.478 e. The molecule has 3 aromatic heterocycles. The molecule has 3 heterocycles. The van der Waals surface area contributed by atoms with Crippen LogP contribution in [0.5, 0.6) is 5.88 Å². The summed E-state index contributed by atoms with van der Waals surface area (Å²) < 4.78 is 7.77. The van der Waals surface area contributed by atoms with Crippen LogP contribution in [0, 0.1) is 0 Å². The van der Waals surface area contributed by atoms with Gasteiger partial charge in [-0.3, -0.25) is 4.98 Å². The minimum absolute atomic E-state index is 0.0473. The maximum absolute atomic E-state index is 5.78. The van der Waals surface area contributed by atoms with Crippen LogP contribution < -0.4 is 4.74 Å². The van der Waals surface area contributed by atoms with E-state index in [1.807, 2.05) is 47.3 Å². The number of aromatic nitrogens is 5. The molecule has 0 aliphatic heterocycles. The molecule has 0 saturated carbocycles. The maximum Gasteiger partial charge on any atom is 0.213 e. The van der Waals surface area contributed by atoms with Gasteiger partial charge in [0.25, 0.3) is 0 Å². The highest BCUT2D eigenvalue weighted by atomic mass is 16.5. The van der Waals surface area contributed by atoms with E-state index < -0.39 is 0 Å². The van der Waals surface area contributed by atoms with Crippen molar-refractivity contribution in [3.8, 4) is 17.0 Å². The van der Waals surface area contributed by atoms with Crippen molar-refractivity contribution in [3.63, 3.8) is 0 Å². The average Bonchev–Trinajstić information content (AvgIpc) is 3.31. The first-order chi connectivity index (χ1) is 16.6. The molecule has 0 aliphatic carbocycles. The number of rotatable bonds is 8. The predicted molar refractivity (Wildman–Crippen MR) is 135 cm³/mol. The van der Waals surface area contributed by atoms with Crippen LogP contribution in [0.2, 0.25) is 0 Å². The van der Waals surface area contributed by atoms with Crippen LogP contribution in [-0.4, -0.2) is 57.1 Å². The highest BCUT2D eigenvalue weighted by molar-refractivity contribution is 6.03. The summed E-state index contributed by atoms with van der Waals surface area (Å²) in [4.78, 5) is 11.3. The minimum atomic E-state index is 0.0473. The number of ether oxygens (including phenoxy) is 1. The lowest BCUT2D eigenvalue weighted by Gasteiger charge is -2.14. The Hall–Kier alpha value is -3.84. The van der Waals surface area contributed by atoms with Gasteiger partial charge in [-0.05, 0) is 56.8 Å². The van der Waals surface area contributed by atoms with E-state index in [0.717, 1.165) is 46.0 Å². The van der Waals surface area contributed by atoms with Crippen molar-refractivity contribution in [1.29, 1.82) is 0 Å². The van der Waals surface area contributed by atoms with Crippen molar-refractivity contribution in [3.05, 3.63) is 78.6 Å². The van der Waals surface area contributed by atoms with E-state index in [1.165, 1.54) is 5.56 Å². The molecule has 0 radical (unpaired) electrons. The first-order valence-corrected chi connectivity index (χ1v) is 11.5. The summed E-state index contributed by atoms with van der Waals surface area (Å²) in [6.07, 6.45) is 4.62. The summed E-state index contributed by atoms with van der Waals surface area (Å²) in [5.41, 5.74) is 5.95. The van der Waals surface area contributed by atoms with Crippen LogP contribution in [0.15, 0.2) is 73.1 Å². The van der Waals surface area contributed by atoms with Crippen molar-refractivity contribution in [2.45, 2.75) is 19.4 Å². The normalized spacial score (nSPS) is 12.5. The first kappa shape index (κ1) is 22.0. The van der Waals surface area contributed by atoms with Gasteiger partial charge in [-0.25, -0.2) is 9.67 Å². The molecule has 7 nitrogen and oxygen atoms in total. The molecule has 34 heavy (non-hydrogen) atoms. The van der Waals surface area contributed by atoms with Crippen molar-refractivity contribution in [2.75, 3.05) is 27.2 Å². The molecule has 0 N–H and O–H groups in total. The summed E-state index contributed by atoms with van der Waals surface area (Å²) in [5, 5.41) is 9.89. The molecule has 1 atom stereocenters. The summed E-state index contributed by atoms with van der Waals surface area (Å²) in [5.74, 6) is 0.645. The number of benzene rings is 2. The first-order valence-electron chi connectivity index (χ1n) is 11.5. The second-order valence-electron chi connectivity index (χ2n) is 8.74. The second kappa shape index (κ2) is 9.57. The van der Waals surface area contributed by atoms with Gasteiger partial charge < -0.3 is 9.64 Å². The van der Waals surface area contributed by atoms with E-state index >= 15 is 0 Å². The van der Waals surface area contributed by atoms with Crippen LogP contribution >= 0.6 is 0 Å². The summed E-state index contributed by atoms with van der Waals surface area (Å²) in [6.45, 7) is 3.79. The van der Waals surface area contributed by atoms with Crippen molar-refractivity contribution in [2.24, 2.45) is 0 Å². The van der Waals surface area contributed by atoms with E-state index in [1.54, 1.807) is 6.20 Å². The Morgan fingerprint density at radius 2 is 1.74 bits per heavy atom. The average molecular weight is 453 g/mol. The van der Waals surface area contributed by atoms with Gasteiger partial charge in [-0.2, -0.15) is 0 Å². The van der Waals surface area contributed by atoms with Crippen LogP contribution in [0.3, 0.4) is 0 Å². The number of nitrogens with zero attached hydrogens (tertiary/aromatic N) is 6. The predicted octanol–water partition coefficient (Wildman–Crippen LogP) is 4.98.